The third kappa shape index (κ3) is 4.12. The Labute approximate surface area is 127 Å². The largest absolute Gasteiger partial charge is 0.340 e. The maximum Gasteiger partial charge on any atom is 0.219 e. The average molecular weight is 299 g/mol. The zero-order valence-corrected chi connectivity index (χ0v) is 14.0. The maximum absolute atomic E-state index is 11.4. The number of rotatable bonds is 5. The van der Waals surface area contributed by atoms with E-state index in [-0.39, 0.29) is 5.91 Å². The number of amides is 1. The molecule has 20 heavy (non-hydrogen) atoms. The van der Waals surface area contributed by atoms with Crippen molar-refractivity contribution in [3.8, 4) is 0 Å². The summed E-state index contributed by atoms with van der Waals surface area (Å²) in [5.74, 6) is 2.25. The van der Waals surface area contributed by atoms with Gasteiger partial charge >= 0.3 is 0 Å². The van der Waals surface area contributed by atoms with Crippen molar-refractivity contribution in [1.29, 1.82) is 0 Å². The molecule has 2 heterocycles. The molecule has 0 unspecified atom stereocenters. The Morgan fingerprint density at radius 3 is 2.50 bits per heavy atom. The normalized spacial score (nSPS) is 29.1. The predicted molar refractivity (Wildman–Crippen MR) is 86.2 cm³/mol. The smallest absolute Gasteiger partial charge is 0.219 e. The van der Waals surface area contributed by atoms with Gasteiger partial charge in [-0.05, 0) is 30.9 Å². The van der Waals surface area contributed by atoms with Crippen LogP contribution >= 0.6 is 11.8 Å². The van der Waals surface area contributed by atoms with Gasteiger partial charge in [-0.15, -0.1) is 0 Å². The molecule has 2 aliphatic heterocycles. The van der Waals surface area contributed by atoms with Crippen molar-refractivity contribution < 1.29 is 4.79 Å². The molecule has 0 N–H and O–H groups in total. The summed E-state index contributed by atoms with van der Waals surface area (Å²) in [4.78, 5) is 18.6. The first kappa shape index (κ1) is 16.1. The molecule has 0 bridgehead atoms. The molecule has 0 aliphatic carbocycles. The number of thioether (sulfide) groups is 1. The monoisotopic (exact) mass is 299 g/mol. The molecular weight excluding hydrogens is 270 g/mol. The molecule has 0 radical (unpaired) electrons. The van der Waals surface area contributed by atoms with Gasteiger partial charge in [0, 0.05) is 52.2 Å². The van der Waals surface area contributed by atoms with Crippen LogP contribution in [0.4, 0.5) is 0 Å². The minimum Gasteiger partial charge on any atom is -0.340 e. The van der Waals surface area contributed by atoms with Crippen molar-refractivity contribution >= 4 is 17.7 Å². The van der Waals surface area contributed by atoms with Gasteiger partial charge in [0.2, 0.25) is 5.91 Å². The Balaban J connectivity index is 1.77. The van der Waals surface area contributed by atoms with Crippen molar-refractivity contribution in [2.75, 3.05) is 57.8 Å². The van der Waals surface area contributed by atoms with Crippen LogP contribution in [0.2, 0.25) is 0 Å². The van der Waals surface area contributed by atoms with Gasteiger partial charge in [0.25, 0.3) is 0 Å². The second-order valence-corrected chi connectivity index (χ2v) is 7.18. The number of carbonyl (C=O) groups excluding carboxylic acids is 1. The van der Waals surface area contributed by atoms with Crippen LogP contribution in [0, 0.1) is 5.92 Å². The topological polar surface area (TPSA) is 26.8 Å². The van der Waals surface area contributed by atoms with Crippen LogP contribution in [0.15, 0.2) is 0 Å². The number of nitrogens with zero attached hydrogens (tertiary/aromatic N) is 3. The molecular formula is C15H29N3OS. The van der Waals surface area contributed by atoms with E-state index in [1.54, 1.807) is 6.92 Å². The van der Waals surface area contributed by atoms with Crippen LogP contribution in [0.3, 0.4) is 0 Å². The zero-order chi connectivity index (χ0) is 14.5. The molecule has 2 aliphatic rings. The fraction of sp³-hybridized carbons (Fsp3) is 0.933. The Morgan fingerprint density at radius 1 is 1.20 bits per heavy atom. The first-order chi connectivity index (χ1) is 9.61. The van der Waals surface area contributed by atoms with E-state index >= 15 is 0 Å². The van der Waals surface area contributed by atoms with E-state index in [9.17, 15) is 4.79 Å². The molecule has 2 atom stereocenters. The lowest BCUT2D eigenvalue weighted by Crippen LogP contribution is -2.53. The maximum atomic E-state index is 11.4. The molecule has 0 saturated carbocycles. The summed E-state index contributed by atoms with van der Waals surface area (Å²) in [5, 5.41) is 0. The molecule has 1 amide bonds. The molecule has 116 valence electrons. The molecule has 0 aromatic carbocycles. The van der Waals surface area contributed by atoms with Gasteiger partial charge in [-0.3, -0.25) is 9.69 Å². The van der Waals surface area contributed by atoms with Gasteiger partial charge < -0.3 is 9.80 Å². The first-order valence-corrected chi connectivity index (χ1v) is 9.22. The van der Waals surface area contributed by atoms with E-state index in [4.69, 9.17) is 0 Å². The number of carbonyl (C=O) groups is 1. The summed E-state index contributed by atoms with van der Waals surface area (Å²) in [6.07, 6.45) is 3.49. The van der Waals surface area contributed by atoms with E-state index in [2.05, 4.69) is 23.0 Å². The summed E-state index contributed by atoms with van der Waals surface area (Å²) in [6.45, 7) is 11.7. The molecule has 2 saturated heterocycles. The third-order valence-electron chi connectivity index (χ3n) is 4.70. The Kier molecular flexibility index (Phi) is 6.18. The van der Waals surface area contributed by atoms with Crippen molar-refractivity contribution in [3.63, 3.8) is 0 Å². The van der Waals surface area contributed by atoms with E-state index in [0.29, 0.717) is 6.04 Å². The number of hydrogen-bond donors (Lipinski definition) is 0. The quantitative estimate of drug-likeness (QED) is 0.713. The molecule has 5 heteroatoms. The molecule has 4 nitrogen and oxygen atoms in total. The van der Waals surface area contributed by atoms with Crippen molar-refractivity contribution in [2.24, 2.45) is 5.92 Å². The van der Waals surface area contributed by atoms with E-state index < -0.39 is 0 Å². The summed E-state index contributed by atoms with van der Waals surface area (Å²) >= 11 is 1.94. The third-order valence-corrected chi connectivity index (χ3v) is 5.40. The SMILES string of the molecule is CSCCCN1C[C@H](C)[C@@H](N2CCN(C(C)=O)CC2)C1. The summed E-state index contributed by atoms with van der Waals surface area (Å²) in [7, 11) is 0. The van der Waals surface area contributed by atoms with Crippen LogP contribution in [0.5, 0.6) is 0 Å². The number of piperazine rings is 1. The highest BCUT2D eigenvalue weighted by Crippen LogP contribution is 2.23. The summed E-state index contributed by atoms with van der Waals surface area (Å²) in [6, 6.07) is 0.693. The molecule has 2 rings (SSSR count). The standard InChI is InChI=1S/C15H29N3OS/c1-13-11-16(5-4-10-20-3)12-15(13)18-8-6-17(7-9-18)14(2)19/h13,15H,4-12H2,1-3H3/t13-,15-/m0/s1. The first-order valence-electron chi connectivity index (χ1n) is 7.82. The lowest BCUT2D eigenvalue weighted by atomic mass is 10.0. The van der Waals surface area contributed by atoms with Gasteiger partial charge in [-0.2, -0.15) is 11.8 Å². The van der Waals surface area contributed by atoms with Crippen LogP contribution < -0.4 is 0 Å². The minimum absolute atomic E-state index is 0.225. The van der Waals surface area contributed by atoms with Crippen molar-refractivity contribution in [2.45, 2.75) is 26.3 Å². The highest BCUT2D eigenvalue weighted by Gasteiger charge is 2.35. The summed E-state index contributed by atoms with van der Waals surface area (Å²) < 4.78 is 0. The van der Waals surface area contributed by atoms with Gasteiger partial charge in [-0.1, -0.05) is 6.92 Å². The van der Waals surface area contributed by atoms with Gasteiger partial charge in [-0.25, -0.2) is 0 Å². The fourth-order valence-corrected chi connectivity index (χ4v) is 3.92. The second kappa shape index (κ2) is 7.66. The Morgan fingerprint density at radius 2 is 1.90 bits per heavy atom. The summed E-state index contributed by atoms with van der Waals surface area (Å²) in [5.41, 5.74) is 0. The fourth-order valence-electron chi connectivity index (χ4n) is 3.51. The number of likely N-dealkylation sites (tertiary alicyclic amines) is 1. The van der Waals surface area contributed by atoms with Gasteiger partial charge in [0.05, 0.1) is 0 Å². The highest BCUT2D eigenvalue weighted by atomic mass is 32.2. The van der Waals surface area contributed by atoms with Crippen LogP contribution in [-0.4, -0.2) is 84.5 Å². The lowest BCUT2D eigenvalue weighted by molar-refractivity contribution is -0.130. The minimum atomic E-state index is 0.225. The second-order valence-electron chi connectivity index (χ2n) is 6.19. The van der Waals surface area contributed by atoms with Gasteiger partial charge in [0.1, 0.15) is 0 Å². The molecule has 0 aromatic rings. The van der Waals surface area contributed by atoms with Crippen LogP contribution in [0.25, 0.3) is 0 Å². The predicted octanol–water partition coefficient (Wildman–Crippen LogP) is 1.22. The molecule has 0 aromatic heterocycles. The molecule has 0 spiro atoms. The van der Waals surface area contributed by atoms with Crippen molar-refractivity contribution in [3.05, 3.63) is 0 Å². The van der Waals surface area contributed by atoms with E-state index in [0.717, 1.165) is 32.1 Å². The van der Waals surface area contributed by atoms with E-state index in [1.165, 1.54) is 31.8 Å². The van der Waals surface area contributed by atoms with Crippen molar-refractivity contribution in [1.82, 2.24) is 14.7 Å². The highest BCUT2D eigenvalue weighted by molar-refractivity contribution is 7.98. The average Bonchev–Trinajstić information content (AvgIpc) is 2.80. The molecule has 2 fully saturated rings. The lowest BCUT2D eigenvalue weighted by Gasteiger charge is -2.39. The zero-order valence-electron chi connectivity index (χ0n) is 13.2. The number of hydrogen-bond acceptors (Lipinski definition) is 4. The van der Waals surface area contributed by atoms with Crippen LogP contribution in [0.1, 0.15) is 20.3 Å². The van der Waals surface area contributed by atoms with Crippen LogP contribution in [-0.2, 0) is 4.79 Å². The van der Waals surface area contributed by atoms with Gasteiger partial charge in [0.15, 0.2) is 0 Å². The van der Waals surface area contributed by atoms with E-state index in [1.807, 2.05) is 16.7 Å². The Hall–Kier alpha value is -0.260. The Bertz CT molecular complexity index is 318.